The van der Waals surface area contributed by atoms with Gasteiger partial charge in [-0.05, 0) is 30.2 Å². The van der Waals surface area contributed by atoms with Gasteiger partial charge in [0.1, 0.15) is 5.82 Å². The topological polar surface area (TPSA) is 49.4 Å². The summed E-state index contributed by atoms with van der Waals surface area (Å²) in [6.45, 7) is 2.24. The molecule has 2 amide bonds. The van der Waals surface area contributed by atoms with Crippen molar-refractivity contribution in [2.75, 3.05) is 13.1 Å². The van der Waals surface area contributed by atoms with E-state index in [0.717, 1.165) is 11.1 Å². The summed E-state index contributed by atoms with van der Waals surface area (Å²) in [6, 6.07) is 4.42. The lowest BCUT2D eigenvalue weighted by atomic mass is 10.1. The average molecular weight is 236 g/mol. The Morgan fingerprint density at radius 2 is 2.18 bits per heavy atom. The fourth-order valence-corrected chi connectivity index (χ4v) is 1.79. The lowest BCUT2D eigenvalue weighted by Gasteiger charge is -2.27. The van der Waals surface area contributed by atoms with Crippen LogP contribution in [-0.4, -0.2) is 29.8 Å². The Morgan fingerprint density at radius 3 is 2.88 bits per heavy atom. The third-order valence-corrected chi connectivity index (χ3v) is 2.79. The summed E-state index contributed by atoms with van der Waals surface area (Å²) < 4.78 is 12.9. The van der Waals surface area contributed by atoms with Crippen LogP contribution < -0.4 is 5.32 Å². The van der Waals surface area contributed by atoms with Gasteiger partial charge in [0.25, 0.3) is 0 Å². The van der Waals surface area contributed by atoms with Crippen molar-refractivity contribution in [3.05, 3.63) is 35.1 Å². The van der Waals surface area contributed by atoms with E-state index in [0.29, 0.717) is 6.54 Å². The molecule has 0 aromatic heterocycles. The molecule has 1 aromatic carbocycles. The van der Waals surface area contributed by atoms with Crippen LogP contribution >= 0.6 is 0 Å². The van der Waals surface area contributed by atoms with E-state index in [-0.39, 0.29) is 30.7 Å². The zero-order chi connectivity index (χ0) is 12.4. The van der Waals surface area contributed by atoms with Crippen molar-refractivity contribution in [1.29, 1.82) is 0 Å². The summed E-state index contributed by atoms with van der Waals surface area (Å²) in [5.74, 6) is -0.577. The Morgan fingerprint density at radius 1 is 1.41 bits per heavy atom. The van der Waals surface area contributed by atoms with Crippen LogP contribution in [0, 0.1) is 12.7 Å². The Hall–Kier alpha value is -1.91. The summed E-state index contributed by atoms with van der Waals surface area (Å²) in [7, 11) is 0. The second-order valence-electron chi connectivity index (χ2n) is 4.10. The molecular formula is C12H13FN2O2. The van der Waals surface area contributed by atoms with Crippen molar-refractivity contribution in [2.45, 2.75) is 13.5 Å². The fourth-order valence-electron chi connectivity index (χ4n) is 1.79. The number of halogens is 1. The molecule has 2 rings (SSSR count). The minimum absolute atomic E-state index is 0.0407. The van der Waals surface area contributed by atoms with E-state index in [9.17, 15) is 14.0 Å². The highest BCUT2D eigenvalue weighted by Crippen LogP contribution is 2.13. The van der Waals surface area contributed by atoms with Gasteiger partial charge in [0, 0.05) is 6.54 Å². The quantitative estimate of drug-likeness (QED) is 0.817. The molecule has 0 saturated carbocycles. The maximum atomic E-state index is 12.9. The molecule has 1 aliphatic heterocycles. The number of nitrogens with zero attached hydrogens (tertiary/aromatic N) is 1. The molecule has 1 aromatic rings. The number of nitrogens with one attached hydrogen (secondary N) is 1. The summed E-state index contributed by atoms with van der Waals surface area (Å²) >= 11 is 0. The number of amides is 2. The molecule has 1 saturated heterocycles. The van der Waals surface area contributed by atoms with Gasteiger partial charge in [-0.3, -0.25) is 9.59 Å². The van der Waals surface area contributed by atoms with Crippen LogP contribution in [0.2, 0.25) is 0 Å². The highest BCUT2D eigenvalue weighted by Gasteiger charge is 2.23. The van der Waals surface area contributed by atoms with Gasteiger partial charge in [-0.1, -0.05) is 6.07 Å². The van der Waals surface area contributed by atoms with Crippen molar-refractivity contribution in [2.24, 2.45) is 0 Å². The van der Waals surface area contributed by atoms with Crippen molar-refractivity contribution in [3.8, 4) is 0 Å². The van der Waals surface area contributed by atoms with Gasteiger partial charge in [-0.15, -0.1) is 0 Å². The molecule has 1 N–H and O–H groups in total. The average Bonchev–Trinajstić information content (AvgIpc) is 2.27. The van der Waals surface area contributed by atoms with E-state index < -0.39 is 0 Å². The number of aryl methyl sites for hydroxylation is 1. The van der Waals surface area contributed by atoms with Gasteiger partial charge in [-0.2, -0.15) is 0 Å². The normalized spacial score (nSPS) is 16.0. The van der Waals surface area contributed by atoms with Crippen LogP contribution in [0.5, 0.6) is 0 Å². The molecular weight excluding hydrogens is 223 g/mol. The van der Waals surface area contributed by atoms with Gasteiger partial charge in [0.05, 0.1) is 13.1 Å². The molecule has 4 nitrogen and oxygen atoms in total. The monoisotopic (exact) mass is 236 g/mol. The van der Waals surface area contributed by atoms with Gasteiger partial charge in [-0.25, -0.2) is 4.39 Å². The van der Waals surface area contributed by atoms with E-state index in [1.807, 2.05) is 0 Å². The molecule has 17 heavy (non-hydrogen) atoms. The highest BCUT2D eigenvalue weighted by atomic mass is 19.1. The van der Waals surface area contributed by atoms with E-state index >= 15 is 0 Å². The number of carbonyl (C=O) groups excluding carboxylic acids is 2. The zero-order valence-electron chi connectivity index (χ0n) is 9.50. The summed E-state index contributed by atoms with van der Waals surface area (Å²) in [5, 5.41) is 2.48. The standard InChI is InChI=1S/C12H13FN2O2/c1-8-4-10(13)3-2-9(8)6-15-7-11(16)14-5-12(15)17/h2-4H,5-7H2,1H3,(H,14,16). The van der Waals surface area contributed by atoms with Crippen LogP contribution in [0.15, 0.2) is 18.2 Å². The lowest BCUT2D eigenvalue weighted by molar-refractivity contribution is -0.141. The Labute approximate surface area is 98.4 Å². The number of benzene rings is 1. The molecule has 0 spiro atoms. The number of hydrogen-bond acceptors (Lipinski definition) is 2. The first kappa shape index (κ1) is 11.6. The highest BCUT2D eigenvalue weighted by molar-refractivity contribution is 5.92. The third kappa shape index (κ3) is 2.61. The number of carbonyl (C=O) groups is 2. The third-order valence-electron chi connectivity index (χ3n) is 2.79. The first-order valence-electron chi connectivity index (χ1n) is 5.36. The summed E-state index contributed by atoms with van der Waals surface area (Å²) in [5.41, 5.74) is 1.64. The smallest absolute Gasteiger partial charge is 0.242 e. The first-order valence-corrected chi connectivity index (χ1v) is 5.36. The Balaban J connectivity index is 2.14. The molecule has 0 unspecified atom stereocenters. The molecule has 0 atom stereocenters. The predicted octanol–water partition coefficient (Wildman–Crippen LogP) is 0.593. The fraction of sp³-hybridized carbons (Fsp3) is 0.333. The van der Waals surface area contributed by atoms with E-state index in [4.69, 9.17) is 0 Å². The predicted molar refractivity (Wildman–Crippen MR) is 59.6 cm³/mol. The van der Waals surface area contributed by atoms with Gasteiger partial charge >= 0.3 is 0 Å². The minimum Gasteiger partial charge on any atom is -0.345 e. The van der Waals surface area contributed by atoms with E-state index in [2.05, 4.69) is 5.32 Å². The van der Waals surface area contributed by atoms with Crippen molar-refractivity contribution < 1.29 is 14.0 Å². The van der Waals surface area contributed by atoms with Gasteiger partial charge < -0.3 is 10.2 Å². The molecule has 0 bridgehead atoms. The lowest BCUT2D eigenvalue weighted by Crippen LogP contribution is -2.51. The largest absolute Gasteiger partial charge is 0.345 e. The number of rotatable bonds is 2. The van der Waals surface area contributed by atoms with Crippen LogP contribution in [0.3, 0.4) is 0 Å². The molecule has 5 heteroatoms. The van der Waals surface area contributed by atoms with Gasteiger partial charge in [0.15, 0.2) is 0 Å². The number of hydrogen-bond donors (Lipinski definition) is 1. The van der Waals surface area contributed by atoms with E-state index in [1.165, 1.54) is 17.0 Å². The molecule has 0 radical (unpaired) electrons. The minimum atomic E-state index is -0.297. The maximum Gasteiger partial charge on any atom is 0.242 e. The van der Waals surface area contributed by atoms with Crippen LogP contribution in [0.1, 0.15) is 11.1 Å². The maximum absolute atomic E-state index is 12.9. The second kappa shape index (κ2) is 4.53. The van der Waals surface area contributed by atoms with Crippen LogP contribution in [0.4, 0.5) is 4.39 Å². The Bertz CT molecular complexity index is 474. The van der Waals surface area contributed by atoms with Crippen molar-refractivity contribution >= 4 is 11.8 Å². The SMILES string of the molecule is Cc1cc(F)ccc1CN1CC(=O)NCC1=O. The van der Waals surface area contributed by atoms with Crippen molar-refractivity contribution in [3.63, 3.8) is 0 Å². The molecule has 1 fully saturated rings. The molecule has 1 aliphatic rings. The molecule has 1 heterocycles. The first-order chi connectivity index (χ1) is 8.06. The van der Waals surface area contributed by atoms with Crippen molar-refractivity contribution in [1.82, 2.24) is 10.2 Å². The second-order valence-corrected chi connectivity index (χ2v) is 4.10. The molecule has 90 valence electrons. The zero-order valence-corrected chi connectivity index (χ0v) is 9.50. The number of piperazine rings is 1. The van der Waals surface area contributed by atoms with E-state index in [1.54, 1.807) is 13.0 Å². The Kier molecular flexibility index (Phi) is 3.08. The summed E-state index contributed by atoms with van der Waals surface area (Å²) in [6.07, 6.45) is 0. The van der Waals surface area contributed by atoms with Gasteiger partial charge in [0.2, 0.25) is 11.8 Å². The van der Waals surface area contributed by atoms with Crippen LogP contribution in [0.25, 0.3) is 0 Å². The molecule has 0 aliphatic carbocycles. The summed E-state index contributed by atoms with van der Waals surface area (Å²) in [4.78, 5) is 24.2. The van der Waals surface area contributed by atoms with Crippen LogP contribution in [-0.2, 0) is 16.1 Å².